The van der Waals surface area contributed by atoms with E-state index in [1.165, 1.54) is 5.56 Å². The van der Waals surface area contributed by atoms with Crippen molar-refractivity contribution < 1.29 is 9.53 Å². The lowest BCUT2D eigenvalue weighted by atomic mass is 10.1. The molecule has 3 aromatic rings. The molecule has 6 heteroatoms. The number of benzene rings is 3. The topological polar surface area (TPSA) is 54.3 Å². The van der Waals surface area contributed by atoms with Gasteiger partial charge in [0.25, 0.3) is 0 Å². The number of carbonyl (C=O) groups excluding carboxylic acids is 1. The lowest BCUT2D eigenvalue weighted by Crippen LogP contribution is -2.38. The van der Waals surface area contributed by atoms with Crippen molar-refractivity contribution >= 4 is 39.1 Å². The Balaban J connectivity index is 1.79. The SMILES string of the molecule is Cc1ccccc1N=Nc1ccc(N(CCCc2ccc(Br)cc2)C(=O)OC(C)(C)C)c(C)c1. The largest absolute Gasteiger partial charge is 0.443 e. The number of halogens is 1. The number of azo groups is 1. The zero-order valence-corrected chi connectivity index (χ0v) is 22.1. The quantitative estimate of drug-likeness (QED) is 0.291. The van der Waals surface area contributed by atoms with Crippen LogP contribution in [-0.2, 0) is 11.2 Å². The van der Waals surface area contributed by atoms with Crippen LogP contribution in [0.15, 0.2) is 81.4 Å². The number of aryl methyl sites for hydroxylation is 3. The van der Waals surface area contributed by atoms with Crippen LogP contribution in [0.2, 0.25) is 0 Å². The van der Waals surface area contributed by atoms with Crippen LogP contribution in [0, 0.1) is 13.8 Å². The Morgan fingerprint density at radius 2 is 1.65 bits per heavy atom. The smallest absolute Gasteiger partial charge is 0.414 e. The second kappa shape index (κ2) is 11.4. The number of nitrogens with zero attached hydrogens (tertiary/aromatic N) is 3. The zero-order chi connectivity index (χ0) is 24.7. The lowest BCUT2D eigenvalue weighted by molar-refractivity contribution is 0.0579. The van der Waals surface area contributed by atoms with E-state index >= 15 is 0 Å². The van der Waals surface area contributed by atoms with Crippen LogP contribution < -0.4 is 4.90 Å². The van der Waals surface area contributed by atoms with Crippen molar-refractivity contribution in [1.29, 1.82) is 0 Å². The minimum atomic E-state index is -0.573. The summed E-state index contributed by atoms with van der Waals surface area (Å²) in [7, 11) is 0. The predicted octanol–water partition coefficient (Wildman–Crippen LogP) is 8.86. The third-order valence-electron chi connectivity index (χ3n) is 5.23. The lowest BCUT2D eigenvalue weighted by Gasteiger charge is -2.28. The van der Waals surface area contributed by atoms with Gasteiger partial charge in [-0.2, -0.15) is 10.2 Å². The molecule has 178 valence electrons. The molecule has 0 aromatic heterocycles. The van der Waals surface area contributed by atoms with E-state index in [1.807, 2.05) is 89.2 Å². The molecular formula is C28H32BrN3O2. The summed E-state index contributed by atoms with van der Waals surface area (Å²) in [5, 5.41) is 8.78. The summed E-state index contributed by atoms with van der Waals surface area (Å²) in [6.45, 7) is 10.2. The average molecular weight is 522 g/mol. The number of amides is 1. The molecule has 3 rings (SSSR count). The Bertz CT molecular complexity index is 1150. The molecule has 0 radical (unpaired) electrons. The highest BCUT2D eigenvalue weighted by Gasteiger charge is 2.24. The first-order chi connectivity index (χ1) is 16.1. The van der Waals surface area contributed by atoms with E-state index in [4.69, 9.17) is 4.74 Å². The van der Waals surface area contributed by atoms with Gasteiger partial charge in [-0.05, 0) is 101 Å². The maximum absolute atomic E-state index is 13.1. The Hall–Kier alpha value is -2.99. The van der Waals surface area contributed by atoms with Gasteiger partial charge in [-0.15, -0.1) is 0 Å². The van der Waals surface area contributed by atoms with Crippen LogP contribution in [0.1, 0.15) is 43.9 Å². The monoisotopic (exact) mass is 521 g/mol. The van der Waals surface area contributed by atoms with E-state index in [9.17, 15) is 4.79 Å². The van der Waals surface area contributed by atoms with Gasteiger partial charge in [0.1, 0.15) is 5.60 Å². The number of hydrogen-bond acceptors (Lipinski definition) is 4. The number of rotatable bonds is 7. The van der Waals surface area contributed by atoms with Crippen molar-refractivity contribution in [2.45, 2.75) is 53.1 Å². The zero-order valence-electron chi connectivity index (χ0n) is 20.5. The average Bonchev–Trinajstić information content (AvgIpc) is 2.77. The molecule has 0 saturated carbocycles. The fraction of sp³-hybridized carbons (Fsp3) is 0.321. The maximum atomic E-state index is 13.1. The summed E-state index contributed by atoms with van der Waals surface area (Å²) >= 11 is 3.47. The van der Waals surface area contributed by atoms with Crippen molar-refractivity contribution in [1.82, 2.24) is 0 Å². The number of carbonyl (C=O) groups is 1. The van der Waals surface area contributed by atoms with Crippen molar-refractivity contribution in [2.24, 2.45) is 10.2 Å². The normalized spacial score (nSPS) is 11.6. The van der Waals surface area contributed by atoms with E-state index in [-0.39, 0.29) is 6.09 Å². The molecular weight excluding hydrogens is 490 g/mol. The van der Waals surface area contributed by atoms with Gasteiger partial charge in [-0.3, -0.25) is 4.90 Å². The van der Waals surface area contributed by atoms with Crippen LogP contribution in [0.5, 0.6) is 0 Å². The molecule has 0 aliphatic heterocycles. The highest BCUT2D eigenvalue weighted by atomic mass is 79.9. The highest BCUT2D eigenvalue weighted by Crippen LogP contribution is 2.29. The summed E-state index contributed by atoms with van der Waals surface area (Å²) in [6.07, 6.45) is 1.34. The van der Waals surface area contributed by atoms with Gasteiger partial charge in [-0.25, -0.2) is 4.79 Å². The molecule has 3 aromatic carbocycles. The minimum absolute atomic E-state index is 0.347. The second-order valence-corrected chi connectivity index (χ2v) is 10.2. The third kappa shape index (κ3) is 7.52. The molecule has 34 heavy (non-hydrogen) atoms. The van der Waals surface area contributed by atoms with Crippen LogP contribution in [0.4, 0.5) is 21.9 Å². The van der Waals surface area contributed by atoms with Gasteiger partial charge in [-0.1, -0.05) is 46.3 Å². The van der Waals surface area contributed by atoms with E-state index < -0.39 is 5.60 Å². The summed E-state index contributed by atoms with van der Waals surface area (Å²) in [5.74, 6) is 0. The van der Waals surface area contributed by atoms with Crippen molar-refractivity contribution in [3.63, 3.8) is 0 Å². The van der Waals surface area contributed by atoms with E-state index in [0.717, 1.165) is 45.5 Å². The Morgan fingerprint density at radius 1 is 0.941 bits per heavy atom. The minimum Gasteiger partial charge on any atom is -0.443 e. The van der Waals surface area contributed by atoms with Crippen molar-refractivity contribution in [2.75, 3.05) is 11.4 Å². The van der Waals surface area contributed by atoms with Gasteiger partial charge in [0, 0.05) is 11.0 Å². The van der Waals surface area contributed by atoms with Gasteiger partial charge >= 0.3 is 6.09 Å². The molecule has 0 fully saturated rings. The van der Waals surface area contributed by atoms with Crippen LogP contribution in [-0.4, -0.2) is 18.2 Å². The van der Waals surface area contributed by atoms with Gasteiger partial charge < -0.3 is 4.74 Å². The summed E-state index contributed by atoms with van der Waals surface area (Å²) in [4.78, 5) is 14.8. The Kier molecular flexibility index (Phi) is 8.61. The van der Waals surface area contributed by atoms with E-state index in [2.05, 4.69) is 38.3 Å². The number of anilines is 1. The predicted molar refractivity (Wildman–Crippen MR) is 143 cm³/mol. The molecule has 0 unspecified atom stereocenters. The second-order valence-electron chi connectivity index (χ2n) is 9.32. The molecule has 0 spiro atoms. The van der Waals surface area contributed by atoms with Crippen LogP contribution >= 0.6 is 15.9 Å². The Labute approximate surface area is 211 Å². The van der Waals surface area contributed by atoms with E-state index in [1.54, 1.807) is 4.90 Å². The molecule has 0 saturated heterocycles. The van der Waals surface area contributed by atoms with Gasteiger partial charge in [0.2, 0.25) is 0 Å². The summed E-state index contributed by atoms with van der Waals surface area (Å²) in [6, 6.07) is 21.9. The first-order valence-electron chi connectivity index (χ1n) is 11.5. The van der Waals surface area contributed by atoms with Gasteiger partial charge in [0.05, 0.1) is 17.1 Å². The number of hydrogen-bond donors (Lipinski definition) is 0. The fourth-order valence-corrected chi connectivity index (χ4v) is 3.78. The summed E-state index contributed by atoms with van der Waals surface area (Å²) < 4.78 is 6.77. The highest BCUT2D eigenvalue weighted by molar-refractivity contribution is 9.10. The first-order valence-corrected chi connectivity index (χ1v) is 12.2. The molecule has 0 N–H and O–H groups in total. The molecule has 0 aliphatic carbocycles. The molecule has 1 amide bonds. The third-order valence-corrected chi connectivity index (χ3v) is 5.76. The Morgan fingerprint density at radius 3 is 2.29 bits per heavy atom. The van der Waals surface area contributed by atoms with Crippen molar-refractivity contribution in [3.8, 4) is 0 Å². The number of ether oxygens (including phenoxy) is 1. The maximum Gasteiger partial charge on any atom is 0.414 e. The standard InChI is InChI=1S/C28H32BrN3O2/c1-20-9-6-7-11-25(20)31-30-24-16-17-26(21(2)19-24)32(27(33)34-28(3,4)5)18-8-10-22-12-14-23(29)15-13-22/h6-7,9,11-17,19H,8,10,18H2,1-5H3. The molecule has 0 atom stereocenters. The first kappa shape index (κ1) is 25.6. The fourth-order valence-electron chi connectivity index (χ4n) is 3.51. The molecule has 5 nitrogen and oxygen atoms in total. The van der Waals surface area contributed by atoms with Crippen LogP contribution in [0.25, 0.3) is 0 Å². The molecule has 0 aliphatic rings. The van der Waals surface area contributed by atoms with Gasteiger partial charge in [0.15, 0.2) is 0 Å². The summed E-state index contributed by atoms with van der Waals surface area (Å²) in [5.41, 5.74) is 5.07. The van der Waals surface area contributed by atoms with E-state index in [0.29, 0.717) is 6.54 Å². The molecule has 0 bridgehead atoms. The molecule has 0 heterocycles. The van der Waals surface area contributed by atoms with Crippen molar-refractivity contribution in [3.05, 3.63) is 87.9 Å². The van der Waals surface area contributed by atoms with Crippen LogP contribution in [0.3, 0.4) is 0 Å².